The van der Waals surface area contributed by atoms with Crippen LogP contribution in [0, 0.1) is 0 Å². The maximum atomic E-state index is 13.2. The number of carbonyl (C=O) groups is 1. The largest absolute Gasteiger partial charge is 0.494 e. The lowest BCUT2D eigenvalue weighted by Gasteiger charge is -2.15. The lowest BCUT2D eigenvalue weighted by molar-refractivity contribution is -0.137. The van der Waals surface area contributed by atoms with Gasteiger partial charge in [-0.3, -0.25) is 0 Å². The van der Waals surface area contributed by atoms with Gasteiger partial charge in [-0.2, -0.15) is 13.2 Å². The van der Waals surface area contributed by atoms with Crippen LogP contribution >= 0.6 is 11.6 Å². The number of anilines is 4. The Bertz CT molecular complexity index is 1350. The topological polar surface area (TPSA) is 88.2 Å². The molecule has 2 amide bonds. The molecule has 4 aromatic rings. The lowest BCUT2D eigenvalue weighted by atomic mass is 10.1. The number of carbonyl (C=O) groups excluding carboxylic acids is 1. The Labute approximate surface area is 196 Å². The van der Waals surface area contributed by atoms with Crippen LogP contribution < -0.4 is 20.7 Å². The Morgan fingerprint density at radius 2 is 1.74 bits per heavy atom. The number of amides is 2. The minimum absolute atomic E-state index is 0.129. The van der Waals surface area contributed by atoms with Crippen molar-refractivity contribution in [2.75, 3.05) is 23.1 Å². The van der Waals surface area contributed by atoms with E-state index in [0.717, 1.165) is 12.1 Å². The van der Waals surface area contributed by atoms with Crippen LogP contribution in [0.3, 0.4) is 0 Å². The molecule has 0 bridgehead atoms. The number of methoxy groups -OCH3 is 1. The van der Waals surface area contributed by atoms with E-state index in [0.29, 0.717) is 28.0 Å². The second-order valence-corrected chi connectivity index (χ2v) is 7.46. The molecule has 0 unspecified atom stereocenters. The number of halogens is 4. The summed E-state index contributed by atoms with van der Waals surface area (Å²) in [5.41, 5.74) is 0.512. The first-order chi connectivity index (χ1) is 16.2. The van der Waals surface area contributed by atoms with Crippen LogP contribution in [0.1, 0.15) is 5.56 Å². The van der Waals surface area contributed by atoms with Crippen molar-refractivity contribution in [2.45, 2.75) is 6.18 Å². The summed E-state index contributed by atoms with van der Waals surface area (Å²) in [4.78, 5) is 20.8. The van der Waals surface area contributed by atoms with E-state index in [1.165, 1.54) is 19.5 Å². The van der Waals surface area contributed by atoms with Crippen LogP contribution in [-0.2, 0) is 6.18 Å². The maximum Gasteiger partial charge on any atom is 0.417 e. The van der Waals surface area contributed by atoms with Crippen molar-refractivity contribution in [3.05, 3.63) is 77.6 Å². The number of benzene rings is 3. The fourth-order valence-corrected chi connectivity index (χ4v) is 3.44. The summed E-state index contributed by atoms with van der Waals surface area (Å²) in [7, 11) is 1.44. The van der Waals surface area contributed by atoms with E-state index >= 15 is 0 Å². The molecule has 34 heavy (non-hydrogen) atoms. The number of aromatic nitrogens is 2. The molecule has 3 aromatic carbocycles. The van der Waals surface area contributed by atoms with Gasteiger partial charge in [-0.1, -0.05) is 29.8 Å². The van der Waals surface area contributed by atoms with E-state index in [1.807, 2.05) is 6.07 Å². The number of para-hydroxylation sites is 1. The molecule has 0 aliphatic rings. The number of fused-ring (bicyclic) bond motifs is 1. The first-order valence-electron chi connectivity index (χ1n) is 9.84. The monoisotopic (exact) mass is 487 g/mol. The number of alkyl halides is 3. The Balaban J connectivity index is 1.67. The number of nitrogens with zero attached hydrogens (tertiary/aromatic N) is 2. The summed E-state index contributed by atoms with van der Waals surface area (Å²) in [6.07, 6.45) is -3.35. The molecule has 0 spiro atoms. The first kappa shape index (κ1) is 23.1. The van der Waals surface area contributed by atoms with Gasteiger partial charge in [0.05, 0.1) is 28.9 Å². The highest BCUT2D eigenvalue weighted by Crippen LogP contribution is 2.38. The Kier molecular flexibility index (Phi) is 6.42. The van der Waals surface area contributed by atoms with Crippen molar-refractivity contribution in [1.82, 2.24) is 9.97 Å². The van der Waals surface area contributed by atoms with Crippen molar-refractivity contribution >= 4 is 51.4 Å². The van der Waals surface area contributed by atoms with Gasteiger partial charge in [-0.05, 0) is 36.4 Å². The molecule has 0 aliphatic carbocycles. The molecule has 174 valence electrons. The highest BCUT2D eigenvalue weighted by molar-refractivity contribution is 6.31. The minimum Gasteiger partial charge on any atom is -0.494 e. The van der Waals surface area contributed by atoms with E-state index in [1.54, 1.807) is 36.4 Å². The molecular formula is C23H17ClF3N5O2. The fourth-order valence-electron chi connectivity index (χ4n) is 3.21. The van der Waals surface area contributed by atoms with Crippen LogP contribution in [0.25, 0.3) is 10.9 Å². The highest BCUT2D eigenvalue weighted by Gasteiger charge is 2.33. The Morgan fingerprint density at radius 1 is 0.971 bits per heavy atom. The number of nitrogens with one attached hydrogen (secondary N) is 3. The second kappa shape index (κ2) is 9.44. The molecular weight excluding hydrogens is 471 g/mol. The number of hydrogen-bond donors (Lipinski definition) is 3. The van der Waals surface area contributed by atoms with Gasteiger partial charge in [0.2, 0.25) is 0 Å². The molecule has 1 heterocycles. The Hall–Kier alpha value is -4.05. The molecule has 1 aromatic heterocycles. The molecule has 0 aliphatic heterocycles. The summed E-state index contributed by atoms with van der Waals surface area (Å²) in [5, 5.41) is 8.30. The molecule has 0 saturated carbocycles. The van der Waals surface area contributed by atoms with E-state index in [2.05, 4.69) is 25.9 Å². The van der Waals surface area contributed by atoms with Crippen LogP contribution in [0.2, 0.25) is 5.02 Å². The molecule has 11 heteroatoms. The average Bonchev–Trinajstić information content (AvgIpc) is 2.80. The lowest BCUT2D eigenvalue weighted by Crippen LogP contribution is -2.19. The summed E-state index contributed by atoms with van der Waals surface area (Å²) >= 11 is 5.71. The smallest absolute Gasteiger partial charge is 0.417 e. The number of urea groups is 1. The molecule has 0 fully saturated rings. The van der Waals surface area contributed by atoms with Crippen LogP contribution in [0.5, 0.6) is 5.75 Å². The first-order valence-corrected chi connectivity index (χ1v) is 10.2. The molecule has 7 nitrogen and oxygen atoms in total. The summed E-state index contributed by atoms with van der Waals surface area (Å²) in [6, 6.07) is 14.9. The van der Waals surface area contributed by atoms with Crippen molar-refractivity contribution in [3.8, 4) is 5.75 Å². The number of ether oxygens (including phenoxy) is 1. The number of hydrogen-bond acceptors (Lipinski definition) is 5. The minimum atomic E-state index is -4.61. The molecule has 3 N–H and O–H groups in total. The van der Waals surface area contributed by atoms with Crippen LogP contribution in [0.15, 0.2) is 67.0 Å². The van der Waals surface area contributed by atoms with Gasteiger partial charge in [0, 0.05) is 22.8 Å². The van der Waals surface area contributed by atoms with E-state index in [9.17, 15) is 18.0 Å². The predicted octanol–water partition coefficient (Wildman–Crippen LogP) is 6.70. The highest BCUT2D eigenvalue weighted by atomic mass is 35.5. The van der Waals surface area contributed by atoms with Crippen molar-refractivity contribution in [1.29, 1.82) is 0 Å². The normalized spacial score (nSPS) is 11.2. The zero-order valence-corrected chi connectivity index (χ0v) is 18.3. The van der Waals surface area contributed by atoms with Gasteiger partial charge in [0.1, 0.15) is 17.9 Å². The third-order valence-corrected chi connectivity index (χ3v) is 5.10. The zero-order valence-electron chi connectivity index (χ0n) is 17.6. The van der Waals surface area contributed by atoms with Crippen LogP contribution in [0.4, 0.5) is 40.8 Å². The van der Waals surface area contributed by atoms with Gasteiger partial charge in [0.15, 0.2) is 0 Å². The SMILES string of the molecule is COc1cc2ncnc(Nc3ccc(Cl)c(C(F)(F)F)c3)c2cc1NC(=O)Nc1ccccc1. The standard InChI is InChI=1S/C23H17ClF3N5O2/c1-34-20-11-18-15(10-19(20)32-22(33)31-13-5-3-2-4-6-13)21(29-12-28-18)30-14-7-8-17(24)16(9-14)23(25,26)27/h2-12H,1H3,(H,28,29,30)(H2,31,32,33). The van der Waals surface area contributed by atoms with E-state index in [4.69, 9.17) is 16.3 Å². The van der Waals surface area contributed by atoms with Gasteiger partial charge in [-0.15, -0.1) is 0 Å². The molecule has 0 radical (unpaired) electrons. The van der Waals surface area contributed by atoms with Gasteiger partial charge >= 0.3 is 12.2 Å². The van der Waals surface area contributed by atoms with Gasteiger partial charge < -0.3 is 20.7 Å². The molecule has 0 atom stereocenters. The molecule has 0 saturated heterocycles. The summed E-state index contributed by atoms with van der Waals surface area (Å²) in [6.45, 7) is 0. The third-order valence-electron chi connectivity index (χ3n) is 4.77. The van der Waals surface area contributed by atoms with E-state index < -0.39 is 22.8 Å². The van der Waals surface area contributed by atoms with Crippen molar-refractivity contribution < 1.29 is 22.7 Å². The fraction of sp³-hybridized carbons (Fsp3) is 0.0870. The zero-order chi connectivity index (χ0) is 24.3. The van der Waals surface area contributed by atoms with Gasteiger partial charge in [0.25, 0.3) is 0 Å². The number of rotatable bonds is 5. The van der Waals surface area contributed by atoms with Crippen molar-refractivity contribution in [2.24, 2.45) is 0 Å². The summed E-state index contributed by atoms with van der Waals surface area (Å²) < 4.78 is 45.1. The average molecular weight is 488 g/mol. The predicted molar refractivity (Wildman–Crippen MR) is 125 cm³/mol. The van der Waals surface area contributed by atoms with Gasteiger partial charge in [-0.25, -0.2) is 14.8 Å². The Morgan fingerprint density at radius 3 is 2.44 bits per heavy atom. The van der Waals surface area contributed by atoms with Crippen molar-refractivity contribution in [3.63, 3.8) is 0 Å². The summed E-state index contributed by atoms with van der Waals surface area (Å²) in [5.74, 6) is 0.570. The second-order valence-electron chi connectivity index (χ2n) is 7.05. The van der Waals surface area contributed by atoms with E-state index in [-0.39, 0.29) is 11.5 Å². The third kappa shape index (κ3) is 5.12. The maximum absolute atomic E-state index is 13.2. The molecule has 4 rings (SSSR count). The quantitative estimate of drug-likeness (QED) is 0.291. The van der Waals surface area contributed by atoms with Crippen LogP contribution in [-0.4, -0.2) is 23.1 Å².